The SMILES string of the molecule is CCC(Sc1cccc(NC(=O)/C(=C/c2cccnc2)NC(=O)c2ccccc2)c1)C(=O)Nc1c(F)c(F)cc(F)c1F. The number of aromatic nitrogens is 1. The van der Waals surface area contributed by atoms with Crippen LogP contribution in [-0.4, -0.2) is 28.0 Å². The number of hydrogen-bond acceptors (Lipinski definition) is 5. The highest BCUT2D eigenvalue weighted by Crippen LogP contribution is 2.30. The molecule has 4 rings (SSSR count). The molecule has 3 aromatic carbocycles. The van der Waals surface area contributed by atoms with Crippen molar-refractivity contribution >= 4 is 46.9 Å². The van der Waals surface area contributed by atoms with Crippen LogP contribution in [0.1, 0.15) is 29.3 Å². The largest absolute Gasteiger partial charge is 0.321 e. The Hall–Kier alpha value is -4.97. The van der Waals surface area contributed by atoms with Gasteiger partial charge in [-0.3, -0.25) is 19.4 Å². The first-order valence-corrected chi connectivity index (χ1v) is 13.7. The van der Waals surface area contributed by atoms with Crippen LogP contribution in [-0.2, 0) is 9.59 Å². The highest BCUT2D eigenvalue weighted by atomic mass is 32.2. The van der Waals surface area contributed by atoms with Crippen LogP contribution in [0, 0.1) is 23.3 Å². The van der Waals surface area contributed by atoms with Gasteiger partial charge in [-0.1, -0.05) is 37.3 Å². The second-order valence-corrected chi connectivity index (χ2v) is 10.3. The fourth-order valence-corrected chi connectivity index (χ4v) is 4.80. The first kappa shape index (κ1) is 31.0. The molecule has 1 heterocycles. The molecule has 1 aromatic heterocycles. The lowest BCUT2D eigenvalue weighted by molar-refractivity contribution is -0.116. The van der Waals surface area contributed by atoms with Gasteiger partial charge in [0.1, 0.15) is 11.4 Å². The number of thioether (sulfide) groups is 1. The van der Waals surface area contributed by atoms with Crippen molar-refractivity contribution in [2.75, 3.05) is 10.6 Å². The normalized spacial score (nSPS) is 11.9. The molecule has 4 aromatic rings. The Morgan fingerprint density at radius 3 is 2.26 bits per heavy atom. The third kappa shape index (κ3) is 8.07. The summed E-state index contributed by atoms with van der Waals surface area (Å²) in [4.78, 5) is 43.4. The van der Waals surface area contributed by atoms with E-state index in [-0.39, 0.29) is 18.2 Å². The number of benzene rings is 3. The second kappa shape index (κ2) is 14.3. The van der Waals surface area contributed by atoms with Gasteiger partial charge in [0.15, 0.2) is 23.3 Å². The number of carbonyl (C=O) groups is 3. The van der Waals surface area contributed by atoms with Crippen LogP contribution in [0.15, 0.2) is 95.8 Å². The monoisotopic (exact) mass is 608 g/mol. The Bertz CT molecular complexity index is 1640. The van der Waals surface area contributed by atoms with Crippen molar-refractivity contribution < 1.29 is 31.9 Å². The van der Waals surface area contributed by atoms with Crippen LogP contribution in [0.4, 0.5) is 28.9 Å². The van der Waals surface area contributed by atoms with Crippen molar-refractivity contribution in [2.45, 2.75) is 23.5 Å². The minimum Gasteiger partial charge on any atom is -0.321 e. The van der Waals surface area contributed by atoms with Gasteiger partial charge in [-0.15, -0.1) is 11.8 Å². The molecule has 12 heteroatoms. The van der Waals surface area contributed by atoms with Crippen molar-refractivity contribution in [3.8, 4) is 0 Å². The summed E-state index contributed by atoms with van der Waals surface area (Å²) in [6.07, 6.45) is 4.74. The molecule has 0 bridgehead atoms. The Balaban J connectivity index is 1.50. The van der Waals surface area contributed by atoms with E-state index in [0.29, 0.717) is 21.7 Å². The molecular weight excluding hydrogens is 584 g/mol. The molecule has 0 saturated carbocycles. The van der Waals surface area contributed by atoms with Crippen molar-refractivity contribution in [3.05, 3.63) is 125 Å². The number of rotatable bonds is 10. The summed E-state index contributed by atoms with van der Waals surface area (Å²) >= 11 is 1.01. The van der Waals surface area contributed by atoms with Crippen molar-refractivity contribution in [1.82, 2.24) is 10.3 Å². The molecule has 1 unspecified atom stereocenters. The predicted molar refractivity (Wildman–Crippen MR) is 156 cm³/mol. The maximum Gasteiger partial charge on any atom is 0.272 e. The van der Waals surface area contributed by atoms with Gasteiger partial charge in [0, 0.05) is 34.6 Å². The van der Waals surface area contributed by atoms with E-state index in [1.165, 1.54) is 12.3 Å². The molecule has 3 N–H and O–H groups in total. The van der Waals surface area contributed by atoms with E-state index in [1.54, 1.807) is 79.9 Å². The van der Waals surface area contributed by atoms with Crippen LogP contribution >= 0.6 is 11.8 Å². The summed E-state index contributed by atoms with van der Waals surface area (Å²) in [5, 5.41) is 6.35. The van der Waals surface area contributed by atoms with Gasteiger partial charge in [-0.05, 0) is 54.5 Å². The van der Waals surface area contributed by atoms with E-state index >= 15 is 0 Å². The van der Waals surface area contributed by atoms with E-state index in [0.717, 1.165) is 11.8 Å². The minimum absolute atomic E-state index is 0.0522. The van der Waals surface area contributed by atoms with Crippen LogP contribution in [0.25, 0.3) is 6.08 Å². The van der Waals surface area contributed by atoms with Crippen LogP contribution in [0.3, 0.4) is 0 Å². The summed E-state index contributed by atoms with van der Waals surface area (Å²) in [5.74, 6) is -8.74. The number of halogens is 4. The number of anilines is 2. The number of nitrogens with zero attached hydrogens (tertiary/aromatic N) is 1. The average molecular weight is 609 g/mol. The Morgan fingerprint density at radius 2 is 1.60 bits per heavy atom. The first-order valence-electron chi connectivity index (χ1n) is 12.9. The van der Waals surface area contributed by atoms with E-state index in [2.05, 4.69) is 15.6 Å². The third-order valence-corrected chi connectivity index (χ3v) is 7.28. The van der Waals surface area contributed by atoms with Gasteiger partial charge in [-0.25, -0.2) is 17.6 Å². The maximum absolute atomic E-state index is 14.1. The first-order chi connectivity index (χ1) is 20.7. The molecule has 0 saturated heterocycles. The van der Waals surface area contributed by atoms with E-state index in [4.69, 9.17) is 0 Å². The van der Waals surface area contributed by atoms with E-state index < -0.39 is 51.9 Å². The van der Waals surface area contributed by atoms with Crippen molar-refractivity contribution in [2.24, 2.45) is 0 Å². The molecule has 7 nitrogen and oxygen atoms in total. The lowest BCUT2D eigenvalue weighted by Crippen LogP contribution is -2.30. The van der Waals surface area contributed by atoms with Crippen LogP contribution < -0.4 is 16.0 Å². The van der Waals surface area contributed by atoms with Gasteiger partial charge >= 0.3 is 0 Å². The molecule has 0 aliphatic carbocycles. The number of nitrogens with one attached hydrogen (secondary N) is 3. The molecule has 0 spiro atoms. The zero-order valence-electron chi connectivity index (χ0n) is 22.5. The van der Waals surface area contributed by atoms with Gasteiger partial charge in [0.25, 0.3) is 11.8 Å². The molecule has 0 radical (unpaired) electrons. The Labute approximate surface area is 248 Å². The topological polar surface area (TPSA) is 100 Å². The zero-order chi connectivity index (χ0) is 30.9. The summed E-state index contributed by atoms with van der Waals surface area (Å²) in [5.41, 5.74) is -0.0469. The van der Waals surface area contributed by atoms with Crippen molar-refractivity contribution in [1.29, 1.82) is 0 Å². The number of carbonyl (C=O) groups excluding carboxylic acids is 3. The Morgan fingerprint density at radius 1 is 0.884 bits per heavy atom. The average Bonchev–Trinajstić information content (AvgIpc) is 3.01. The van der Waals surface area contributed by atoms with Gasteiger partial charge in [-0.2, -0.15) is 0 Å². The third-order valence-electron chi connectivity index (χ3n) is 5.92. The maximum atomic E-state index is 14.1. The molecular formula is C31H24F4N4O3S. The second-order valence-electron chi connectivity index (χ2n) is 8.99. The summed E-state index contributed by atoms with van der Waals surface area (Å²) in [6, 6.07) is 18.2. The minimum atomic E-state index is -1.72. The summed E-state index contributed by atoms with van der Waals surface area (Å²) in [7, 11) is 0. The van der Waals surface area contributed by atoms with Gasteiger partial charge in [0.05, 0.1) is 5.25 Å². The predicted octanol–water partition coefficient (Wildman–Crippen LogP) is 6.56. The fourth-order valence-electron chi connectivity index (χ4n) is 3.79. The summed E-state index contributed by atoms with van der Waals surface area (Å²) in [6.45, 7) is 1.65. The number of hydrogen-bond donors (Lipinski definition) is 3. The molecule has 0 aliphatic heterocycles. The molecule has 0 fully saturated rings. The van der Waals surface area contributed by atoms with Crippen LogP contribution in [0.5, 0.6) is 0 Å². The molecule has 43 heavy (non-hydrogen) atoms. The zero-order valence-corrected chi connectivity index (χ0v) is 23.4. The van der Waals surface area contributed by atoms with E-state index in [1.807, 2.05) is 5.32 Å². The Kier molecular flexibility index (Phi) is 10.3. The molecule has 1 atom stereocenters. The van der Waals surface area contributed by atoms with E-state index in [9.17, 15) is 31.9 Å². The summed E-state index contributed by atoms with van der Waals surface area (Å²) < 4.78 is 55.3. The lowest BCUT2D eigenvalue weighted by atomic mass is 10.2. The quantitative estimate of drug-likeness (QED) is 0.0820. The number of amides is 3. The molecule has 0 aliphatic rings. The van der Waals surface area contributed by atoms with Gasteiger partial charge in [0.2, 0.25) is 5.91 Å². The smallest absolute Gasteiger partial charge is 0.272 e. The fraction of sp³-hybridized carbons (Fsp3) is 0.0968. The number of pyridine rings is 1. The van der Waals surface area contributed by atoms with Crippen LogP contribution in [0.2, 0.25) is 0 Å². The molecule has 220 valence electrons. The highest BCUT2D eigenvalue weighted by molar-refractivity contribution is 8.00. The van der Waals surface area contributed by atoms with Gasteiger partial charge < -0.3 is 16.0 Å². The highest BCUT2D eigenvalue weighted by Gasteiger charge is 2.25. The molecule has 3 amide bonds. The lowest BCUT2D eigenvalue weighted by Gasteiger charge is -2.17. The standard InChI is InChI=1S/C31H24F4N4O3S/c1-2-25(31(42)39-28-26(34)22(32)16-23(33)27(28)35)43-21-12-6-11-20(15-21)37-30(41)24(14-18-8-7-13-36-17-18)38-29(40)19-9-4-3-5-10-19/h3-17,25H,2H2,1H3,(H,37,41)(H,38,40)(H,39,42)/b24-14-. The van der Waals surface area contributed by atoms with Crippen molar-refractivity contribution in [3.63, 3.8) is 0 Å².